The van der Waals surface area contributed by atoms with Gasteiger partial charge in [0.1, 0.15) is 0 Å². The molecule has 19 heavy (non-hydrogen) atoms. The third kappa shape index (κ3) is 3.70. The van der Waals surface area contributed by atoms with Crippen molar-refractivity contribution >= 4 is 15.5 Å². The largest absolute Gasteiger partial charge is 0.384 e. The molecule has 1 unspecified atom stereocenters. The number of nitrogens with one attached hydrogen (secondary N) is 2. The summed E-state index contributed by atoms with van der Waals surface area (Å²) in [4.78, 5) is 0.433. The highest BCUT2D eigenvalue weighted by atomic mass is 32.2. The van der Waals surface area contributed by atoms with Crippen molar-refractivity contribution in [3.63, 3.8) is 0 Å². The second-order valence-corrected chi connectivity index (χ2v) is 7.13. The molecule has 0 aliphatic carbocycles. The van der Waals surface area contributed by atoms with Crippen molar-refractivity contribution in [3.05, 3.63) is 24.3 Å². The van der Waals surface area contributed by atoms with Gasteiger partial charge >= 0.3 is 0 Å². The quantitative estimate of drug-likeness (QED) is 0.836. The lowest BCUT2D eigenvalue weighted by molar-refractivity contribution is 0.593. The average Bonchev–Trinajstić information content (AvgIpc) is 2.90. The average molecular weight is 282 g/mol. The van der Waals surface area contributed by atoms with E-state index in [1.165, 1.54) is 0 Å². The summed E-state index contributed by atoms with van der Waals surface area (Å²) in [6.45, 7) is 4.78. The zero-order chi connectivity index (χ0) is 13.7. The molecule has 1 aliphatic heterocycles. The zero-order valence-corrected chi connectivity index (χ0v) is 12.2. The van der Waals surface area contributed by atoms with Crippen LogP contribution in [0.15, 0.2) is 29.2 Å². The Morgan fingerprint density at radius 2 is 2.16 bits per heavy atom. The molecule has 0 bridgehead atoms. The van der Waals surface area contributed by atoms with Gasteiger partial charge in [0.2, 0.25) is 0 Å². The Balaban J connectivity index is 2.11. The predicted molar refractivity (Wildman–Crippen MR) is 78.3 cm³/mol. The number of anilines is 1. The summed E-state index contributed by atoms with van der Waals surface area (Å²) in [5, 5.41) is 6.62. The summed E-state index contributed by atoms with van der Waals surface area (Å²) < 4.78 is 24.4. The van der Waals surface area contributed by atoms with Gasteiger partial charge in [-0.25, -0.2) is 8.42 Å². The van der Waals surface area contributed by atoms with Gasteiger partial charge in [0, 0.05) is 6.54 Å². The molecule has 1 fully saturated rings. The first-order valence-electron chi connectivity index (χ1n) is 6.90. The number of para-hydroxylation sites is 1. The van der Waals surface area contributed by atoms with E-state index in [-0.39, 0.29) is 5.75 Å². The van der Waals surface area contributed by atoms with Crippen molar-refractivity contribution < 1.29 is 8.42 Å². The number of hydrogen-bond donors (Lipinski definition) is 2. The molecule has 1 aromatic carbocycles. The molecule has 1 saturated heterocycles. The third-order valence-corrected chi connectivity index (χ3v) is 5.41. The Hall–Kier alpha value is -1.07. The molecule has 0 spiro atoms. The summed E-state index contributed by atoms with van der Waals surface area (Å²) in [6, 6.07) is 7.20. The molecule has 4 nitrogen and oxygen atoms in total. The highest BCUT2D eigenvalue weighted by Crippen LogP contribution is 2.23. The molecule has 1 aliphatic rings. The molecule has 0 amide bonds. The van der Waals surface area contributed by atoms with Crippen molar-refractivity contribution in [2.75, 3.05) is 30.7 Å². The van der Waals surface area contributed by atoms with Crippen molar-refractivity contribution in [1.29, 1.82) is 0 Å². The maximum atomic E-state index is 12.2. The summed E-state index contributed by atoms with van der Waals surface area (Å²) >= 11 is 0. The van der Waals surface area contributed by atoms with Crippen LogP contribution in [0.1, 0.15) is 19.8 Å². The Morgan fingerprint density at radius 1 is 1.37 bits per heavy atom. The van der Waals surface area contributed by atoms with Gasteiger partial charge in [-0.3, -0.25) is 0 Å². The molecular formula is C14H22N2O2S. The van der Waals surface area contributed by atoms with Gasteiger partial charge in [-0.05, 0) is 44.0 Å². The Bertz CT molecular complexity index is 508. The minimum absolute atomic E-state index is 0.205. The van der Waals surface area contributed by atoms with E-state index in [1.54, 1.807) is 12.1 Å². The van der Waals surface area contributed by atoms with Gasteiger partial charge in [-0.1, -0.05) is 19.1 Å². The van der Waals surface area contributed by atoms with Crippen LogP contribution < -0.4 is 10.6 Å². The maximum absolute atomic E-state index is 12.2. The summed E-state index contributed by atoms with van der Waals surface area (Å²) in [5.41, 5.74) is 0.739. The van der Waals surface area contributed by atoms with Crippen LogP contribution in [0, 0.1) is 5.92 Å². The summed E-state index contributed by atoms with van der Waals surface area (Å²) in [6.07, 6.45) is 1.79. The Kier molecular flexibility index (Phi) is 4.82. The summed E-state index contributed by atoms with van der Waals surface area (Å²) in [7, 11) is -3.16. The fourth-order valence-corrected chi connectivity index (χ4v) is 3.92. The van der Waals surface area contributed by atoms with E-state index in [9.17, 15) is 8.42 Å². The molecule has 1 heterocycles. The monoisotopic (exact) mass is 282 g/mol. The molecule has 5 heteroatoms. The first-order valence-corrected chi connectivity index (χ1v) is 8.55. The number of benzene rings is 1. The highest BCUT2D eigenvalue weighted by molar-refractivity contribution is 7.91. The van der Waals surface area contributed by atoms with Gasteiger partial charge in [0.05, 0.1) is 16.3 Å². The topological polar surface area (TPSA) is 58.2 Å². The molecule has 1 atom stereocenters. The van der Waals surface area contributed by atoms with Gasteiger partial charge in [0.15, 0.2) is 9.84 Å². The predicted octanol–water partition coefficient (Wildman–Crippen LogP) is 1.89. The van der Waals surface area contributed by atoms with Crippen LogP contribution in [-0.2, 0) is 9.84 Å². The lowest BCUT2D eigenvalue weighted by atomic mass is 10.1. The van der Waals surface area contributed by atoms with Crippen LogP contribution in [0.2, 0.25) is 0 Å². The van der Waals surface area contributed by atoms with Gasteiger partial charge in [-0.15, -0.1) is 0 Å². The van der Waals surface area contributed by atoms with E-state index in [4.69, 9.17) is 0 Å². The molecule has 0 aromatic heterocycles. The standard InChI is InChI=1S/C14H22N2O2S/c1-2-9-19(17,18)14-6-4-3-5-13(14)16-11-12-7-8-15-10-12/h3-6,12,15-16H,2,7-11H2,1H3. The molecular weight excluding hydrogens is 260 g/mol. The van der Waals surface area contributed by atoms with Gasteiger partial charge in [0.25, 0.3) is 0 Å². The van der Waals surface area contributed by atoms with Crippen molar-refractivity contribution in [2.45, 2.75) is 24.7 Å². The minimum atomic E-state index is -3.16. The van der Waals surface area contributed by atoms with Crippen molar-refractivity contribution in [3.8, 4) is 0 Å². The smallest absolute Gasteiger partial charge is 0.180 e. The molecule has 106 valence electrons. The Morgan fingerprint density at radius 3 is 2.84 bits per heavy atom. The molecule has 2 rings (SSSR count). The second-order valence-electron chi connectivity index (χ2n) is 5.05. The van der Waals surface area contributed by atoms with Crippen molar-refractivity contribution in [1.82, 2.24) is 5.32 Å². The Labute approximate surface area is 115 Å². The van der Waals surface area contributed by atoms with Crippen LogP contribution in [0.4, 0.5) is 5.69 Å². The lowest BCUT2D eigenvalue weighted by Crippen LogP contribution is -2.18. The fraction of sp³-hybridized carbons (Fsp3) is 0.571. The lowest BCUT2D eigenvalue weighted by Gasteiger charge is -2.15. The van der Waals surface area contributed by atoms with Gasteiger partial charge in [-0.2, -0.15) is 0 Å². The van der Waals surface area contributed by atoms with E-state index in [1.807, 2.05) is 19.1 Å². The van der Waals surface area contributed by atoms with Crippen LogP contribution in [0.3, 0.4) is 0 Å². The number of hydrogen-bond acceptors (Lipinski definition) is 4. The van der Waals surface area contributed by atoms with E-state index in [2.05, 4.69) is 10.6 Å². The first kappa shape index (κ1) is 14.3. The number of rotatable bonds is 6. The molecule has 0 saturated carbocycles. The number of sulfone groups is 1. The SMILES string of the molecule is CCCS(=O)(=O)c1ccccc1NCC1CCNC1. The van der Waals surface area contributed by atoms with E-state index >= 15 is 0 Å². The van der Waals surface area contributed by atoms with Crippen molar-refractivity contribution in [2.24, 2.45) is 5.92 Å². The normalized spacial score (nSPS) is 19.5. The van der Waals surface area contributed by atoms with E-state index in [0.717, 1.165) is 31.7 Å². The van der Waals surface area contributed by atoms with Gasteiger partial charge < -0.3 is 10.6 Å². The second kappa shape index (κ2) is 6.39. The van der Waals surface area contributed by atoms with Crippen LogP contribution in [0.5, 0.6) is 0 Å². The van der Waals surface area contributed by atoms with Crippen LogP contribution >= 0.6 is 0 Å². The molecule has 0 radical (unpaired) electrons. The van der Waals surface area contributed by atoms with Crippen LogP contribution in [0.25, 0.3) is 0 Å². The van der Waals surface area contributed by atoms with E-state index < -0.39 is 9.84 Å². The molecule has 2 N–H and O–H groups in total. The van der Waals surface area contributed by atoms with Crippen LogP contribution in [-0.4, -0.2) is 33.8 Å². The maximum Gasteiger partial charge on any atom is 0.180 e. The highest BCUT2D eigenvalue weighted by Gasteiger charge is 2.19. The minimum Gasteiger partial charge on any atom is -0.384 e. The third-order valence-electron chi connectivity index (χ3n) is 3.44. The summed E-state index contributed by atoms with van der Waals surface area (Å²) in [5.74, 6) is 0.790. The van der Waals surface area contributed by atoms with E-state index in [0.29, 0.717) is 17.2 Å². The fourth-order valence-electron chi connectivity index (χ4n) is 2.41. The first-order chi connectivity index (χ1) is 9.13. The zero-order valence-electron chi connectivity index (χ0n) is 11.4. The molecule has 1 aromatic rings.